The third-order valence-corrected chi connectivity index (χ3v) is 4.98. The predicted octanol–water partition coefficient (Wildman–Crippen LogP) is 4.43. The maximum atomic E-state index is 12.2. The van der Waals surface area contributed by atoms with Gasteiger partial charge in [0.05, 0.1) is 16.2 Å². The number of rotatable bonds is 3. The minimum absolute atomic E-state index is 0.208. The lowest BCUT2D eigenvalue weighted by atomic mass is 10.1. The van der Waals surface area contributed by atoms with Gasteiger partial charge in [-0.2, -0.15) is 0 Å². The number of nitrogens with one attached hydrogen (secondary N) is 1. The molecule has 2 N–H and O–H groups in total. The topological polar surface area (TPSA) is 78.8 Å². The van der Waals surface area contributed by atoms with Crippen LogP contribution in [0.15, 0.2) is 76.6 Å². The highest BCUT2D eigenvalue weighted by molar-refractivity contribution is 8.18. The first-order chi connectivity index (χ1) is 13.1. The molecule has 1 heterocycles. The number of amides is 1. The van der Waals surface area contributed by atoms with E-state index in [1.165, 1.54) is 23.9 Å². The average molecular weight is 374 g/mol. The zero-order valence-corrected chi connectivity index (χ0v) is 14.9. The summed E-state index contributed by atoms with van der Waals surface area (Å²) in [6.45, 7) is 0. The van der Waals surface area contributed by atoms with E-state index in [0.717, 1.165) is 22.0 Å². The van der Waals surface area contributed by atoms with E-state index in [-0.39, 0.29) is 11.5 Å². The van der Waals surface area contributed by atoms with Crippen molar-refractivity contribution < 1.29 is 14.7 Å². The molecule has 0 bridgehead atoms. The van der Waals surface area contributed by atoms with Crippen LogP contribution in [0.2, 0.25) is 0 Å². The number of carboxylic acid groups (broad SMARTS) is 1. The molecule has 0 aliphatic carbocycles. The van der Waals surface area contributed by atoms with Crippen LogP contribution in [0.5, 0.6) is 0 Å². The van der Waals surface area contributed by atoms with E-state index in [2.05, 4.69) is 10.3 Å². The van der Waals surface area contributed by atoms with Crippen LogP contribution in [0.25, 0.3) is 16.8 Å². The molecule has 5 nitrogen and oxygen atoms in total. The number of nitrogens with zero attached hydrogens (tertiary/aromatic N) is 1. The molecule has 1 saturated heterocycles. The van der Waals surface area contributed by atoms with Crippen LogP contribution >= 0.6 is 11.8 Å². The fraction of sp³-hybridized carbons (Fsp3) is 0. The molecule has 0 aromatic heterocycles. The summed E-state index contributed by atoms with van der Waals surface area (Å²) in [6, 6.07) is 20.3. The first-order valence-electron chi connectivity index (χ1n) is 8.20. The van der Waals surface area contributed by atoms with Crippen molar-refractivity contribution in [3.05, 3.63) is 82.8 Å². The lowest BCUT2D eigenvalue weighted by Gasteiger charge is -2.00. The Bertz CT molecular complexity index is 1120. The molecule has 1 fully saturated rings. The van der Waals surface area contributed by atoms with Crippen LogP contribution in [0.3, 0.4) is 0 Å². The van der Waals surface area contributed by atoms with E-state index in [4.69, 9.17) is 5.11 Å². The normalized spacial score (nSPS) is 16.8. The Morgan fingerprint density at radius 3 is 2.48 bits per heavy atom. The molecule has 4 rings (SSSR count). The van der Waals surface area contributed by atoms with Crippen molar-refractivity contribution in [1.82, 2.24) is 5.32 Å². The minimum atomic E-state index is -0.980. The highest BCUT2D eigenvalue weighted by Crippen LogP contribution is 2.29. The molecule has 0 unspecified atom stereocenters. The van der Waals surface area contributed by atoms with Crippen molar-refractivity contribution in [1.29, 1.82) is 0 Å². The first kappa shape index (κ1) is 17.1. The van der Waals surface area contributed by atoms with Crippen molar-refractivity contribution >= 4 is 51.3 Å². The minimum Gasteiger partial charge on any atom is -0.478 e. The van der Waals surface area contributed by atoms with Gasteiger partial charge in [0.2, 0.25) is 0 Å². The maximum absolute atomic E-state index is 12.2. The van der Waals surface area contributed by atoms with Crippen molar-refractivity contribution in [2.75, 3.05) is 0 Å². The summed E-state index contributed by atoms with van der Waals surface area (Å²) in [4.78, 5) is 28.1. The molecule has 27 heavy (non-hydrogen) atoms. The van der Waals surface area contributed by atoms with Crippen molar-refractivity contribution in [2.45, 2.75) is 0 Å². The number of aromatic carboxylic acids is 1. The number of hydrogen-bond donors (Lipinski definition) is 2. The van der Waals surface area contributed by atoms with Gasteiger partial charge in [-0.05, 0) is 58.4 Å². The molecular formula is C21H14N2O3S. The SMILES string of the molecule is O=C1NC(=Nc2ccc3ccccc3c2)S/C1=C\c1ccc(C(=O)O)cc1. The van der Waals surface area contributed by atoms with Gasteiger partial charge >= 0.3 is 5.97 Å². The Labute approximate surface area is 159 Å². The van der Waals surface area contributed by atoms with E-state index in [1.807, 2.05) is 42.5 Å². The number of benzene rings is 3. The lowest BCUT2D eigenvalue weighted by molar-refractivity contribution is -0.115. The van der Waals surface area contributed by atoms with Gasteiger partial charge in [0.15, 0.2) is 5.17 Å². The zero-order valence-electron chi connectivity index (χ0n) is 14.0. The molecule has 132 valence electrons. The molecule has 0 radical (unpaired) electrons. The Morgan fingerprint density at radius 1 is 1.00 bits per heavy atom. The molecule has 3 aromatic carbocycles. The van der Waals surface area contributed by atoms with E-state index in [9.17, 15) is 9.59 Å². The third-order valence-electron chi connectivity index (χ3n) is 4.07. The van der Waals surface area contributed by atoms with Crippen LogP contribution in [0.1, 0.15) is 15.9 Å². The van der Waals surface area contributed by atoms with Gasteiger partial charge in [0.25, 0.3) is 5.91 Å². The Balaban J connectivity index is 1.57. The molecule has 1 aliphatic rings. The number of carbonyl (C=O) groups excluding carboxylic acids is 1. The fourth-order valence-corrected chi connectivity index (χ4v) is 3.56. The first-order valence-corrected chi connectivity index (χ1v) is 9.02. The molecule has 3 aromatic rings. The maximum Gasteiger partial charge on any atom is 0.335 e. The highest BCUT2D eigenvalue weighted by Gasteiger charge is 2.23. The van der Waals surface area contributed by atoms with Crippen molar-refractivity contribution in [3.8, 4) is 0 Å². The Morgan fingerprint density at radius 2 is 1.74 bits per heavy atom. The van der Waals surface area contributed by atoms with Gasteiger partial charge in [-0.1, -0.05) is 42.5 Å². The number of aliphatic imine (C=N–C) groups is 1. The van der Waals surface area contributed by atoms with Crippen molar-refractivity contribution in [3.63, 3.8) is 0 Å². The van der Waals surface area contributed by atoms with Gasteiger partial charge in [-0.15, -0.1) is 0 Å². The zero-order chi connectivity index (χ0) is 18.8. The smallest absolute Gasteiger partial charge is 0.335 e. The van der Waals surface area contributed by atoms with Crippen LogP contribution in [0.4, 0.5) is 5.69 Å². The summed E-state index contributed by atoms with van der Waals surface area (Å²) < 4.78 is 0. The predicted molar refractivity (Wildman–Crippen MR) is 108 cm³/mol. The summed E-state index contributed by atoms with van der Waals surface area (Å²) in [6.07, 6.45) is 1.72. The molecule has 6 heteroatoms. The number of hydrogen-bond acceptors (Lipinski definition) is 4. The van der Waals surface area contributed by atoms with E-state index in [0.29, 0.717) is 10.1 Å². The Kier molecular flexibility index (Phi) is 4.48. The fourth-order valence-electron chi connectivity index (χ4n) is 2.72. The quantitative estimate of drug-likeness (QED) is 0.665. The highest BCUT2D eigenvalue weighted by atomic mass is 32.2. The lowest BCUT2D eigenvalue weighted by Crippen LogP contribution is -2.19. The van der Waals surface area contributed by atoms with Crippen LogP contribution in [-0.4, -0.2) is 22.2 Å². The van der Waals surface area contributed by atoms with E-state index < -0.39 is 5.97 Å². The second-order valence-corrected chi connectivity index (χ2v) is 6.97. The van der Waals surface area contributed by atoms with Crippen LogP contribution in [-0.2, 0) is 4.79 Å². The molecule has 1 amide bonds. The van der Waals surface area contributed by atoms with E-state index in [1.54, 1.807) is 18.2 Å². The number of carbonyl (C=O) groups is 2. The van der Waals surface area contributed by atoms with Gasteiger partial charge in [-0.25, -0.2) is 9.79 Å². The Hall–Kier alpha value is -3.38. The summed E-state index contributed by atoms with van der Waals surface area (Å²) in [5, 5.41) is 14.4. The van der Waals surface area contributed by atoms with Crippen molar-refractivity contribution in [2.24, 2.45) is 4.99 Å². The molecule has 0 atom stereocenters. The number of fused-ring (bicyclic) bond motifs is 1. The van der Waals surface area contributed by atoms with Gasteiger partial charge in [0.1, 0.15) is 0 Å². The summed E-state index contributed by atoms with van der Waals surface area (Å²) in [7, 11) is 0. The second-order valence-electron chi connectivity index (χ2n) is 5.94. The van der Waals surface area contributed by atoms with E-state index >= 15 is 0 Å². The number of carboxylic acids is 1. The monoisotopic (exact) mass is 374 g/mol. The largest absolute Gasteiger partial charge is 0.478 e. The van der Waals surface area contributed by atoms with Gasteiger partial charge < -0.3 is 10.4 Å². The second kappa shape index (κ2) is 7.09. The molecule has 0 saturated carbocycles. The van der Waals surface area contributed by atoms with Gasteiger partial charge in [0, 0.05) is 0 Å². The van der Waals surface area contributed by atoms with Gasteiger partial charge in [-0.3, -0.25) is 4.79 Å². The summed E-state index contributed by atoms with van der Waals surface area (Å²) >= 11 is 1.26. The molecule has 0 spiro atoms. The average Bonchev–Trinajstić information content (AvgIpc) is 3.01. The number of amidine groups is 1. The molecular weight excluding hydrogens is 360 g/mol. The summed E-state index contributed by atoms with van der Waals surface area (Å²) in [5.41, 5.74) is 1.73. The molecule has 1 aliphatic heterocycles. The summed E-state index contributed by atoms with van der Waals surface area (Å²) in [5.74, 6) is -1.20. The standard InChI is InChI=1S/C21H14N2O3S/c24-19-18(11-13-5-7-15(8-6-13)20(25)26)27-21(23-19)22-17-10-9-14-3-1-2-4-16(14)12-17/h1-12H,(H,25,26)(H,22,23,24)/b18-11-. The van der Waals surface area contributed by atoms with Crippen LogP contribution < -0.4 is 5.32 Å². The van der Waals surface area contributed by atoms with Crippen LogP contribution in [0, 0.1) is 0 Å². The number of thioether (sulfide) groups is 1. The third kappa shape index (κ3) is 3.75.